The van der Waals surface area contributed by atoms with Gasteiger partial charge in [0.1, 0.15) is 11.5 Å². The molecule has 1 aliphatic heterocycles. The number of imidazole rings is 1. The lowest BCUT2D eigenvalue weighted by atomic mass is 9.76. The first kappa shape index (κ1) is 17.8. The maximum Gasteiger partial charge on any atom is 0.272 e. The molecule has 0 unspecified atom stereocenters. The summed E-state index contributed by atoms with van der Waals surface area (Å²) in [6.07, 6.45) is 9.93. The molecule has 1 N–H and O–H groups in total. The van der Waals surface area contributed by atoms with E-state index in [2.05, 4.69) is 15.0 Å². The van der Waals surface area contributed by atoms with Crippen molar-refractivity contribution >= 4 is 5.91 Å². The number of carbonyl (C=O) groups is 1. The minimum atomic E-state index is -0.135. The Balaban J connectivity index is 1.43. The van der Waals surface area contributed by atoms with Crippen LogP contribution in [0.1, 0.15) is 41.0 Å². The zero-order chi connectivity index (χ0) is 20.0. The molecule has 148 valence electrons. The predicted molar refractivity (Wildman–Crippen MR) is 106 cm³/mol. The maximum absolute atomic E-state index is 12.8. The number of carbonyl (C=O) groups excluding carboxylic acids is 1. The Morgan fingerprint density at radius 3 is 2.69 bits per heavy atom. The quantitative estimate of drug-likeness (QED) is 0.718. The molecule has 29 heavy (non-hydrogen) atoms. The summed E-state index contributed by atoms with van der Waals surface area (Å²) in [5.74, 6) is 0.574. The average Bonchev–Trinajstić information content (AvgIpc) is 3.33. The zero-order valence-corrected chi connectivity index (χ0v) is 16.3. The first-order valence-corrected chi connectivity index (χ1v) is 9.87. The molecular formula is C21H22N6O2. The van der Waals surface area contributed by atoms with Crippen LogP contribution in [-0.2, 0) is 18.9 Å². The van der Waals surface area contributed by atoms with Crippen LogP contribution in [0.3, 0.4) is 0 Å². The van der Waals surface area contributed by atoms with E-state index < -0.39 is 0 Å². The van der Waals surface area contributed by atoms with E-state index in [9.17, 15) is 9.59 Å². The molecule has 1 aliphatic carbocycles. The Kier molecular flexibility index (Phi) is 4.08. The molecule has 3 aromatic rings. The Labute approximate surface area is 167 Å². The molecule has 0 atom stereocenters. The lowest BCUT2D eigenvalue weighted by Crippen LogP contribution is -2.45. The number of fused-ring (bicyclic) bond motifs is 2. The number of piperidine rings is 1. The van der Waals surface area contributed by atoms with Gasteiger partial charge in [0, 0.05) is 49.1 Å². The molecule has 8 heteroatoms. The Morgan fingerprint density at radius 2 is 2.00 bits per heavy atom. The molecule has 0 saturated carbocycles. The zero-order valence-electron chi connectivity index (χ0n) is 16.3. The molecule has 0 bridgehead atoms. The van der Waals surface area contributed by atoms with Crippen LogP contribution in [0.4, 0.5) is 0 Å². The largest absolute Gasteiger partial charge is 0.337 e. The first-order chi connectivity index (χ1) is 14.1. The van der Waals surface area contributed by atoms with E-state index in [1.807, 2.05) is 24.1 Å². The summed E-state index contributed by atoms with van der Waals surface area (Å²) in [6, 6.07) is 3.73. The van der Waals surface area contributed by atoms with Crippen LogP contribution in [0, 0.1) is 0 Å². The number of amides is 1. The van der Waals surface area contributed by atoms with Crippen LogP contribution >= 0.6 is 0 Å². The molecule has 8 nitrogen and oxygen atoms in total. The summed E-state index contributed by atoms with van der Waals surface area (Å²) < 4.78 is 1.75. The SMILES string of the molecule is Cn1cncc1C(=O)N1CCC2(CCc3c2nc(-c2cccnc2)[nH]c3=O)CC1. The number of rotatable bonds is 2. The number of H-pyrrole nitrogens is 1. The van der Waals surface area contributed by atoms with E-state index in [4.69, 9.17) is 4.98 Å². The minimum absolute atomic E-state index is 0.00740. The smallest absolute Gasteiger partial charge is 0.272 e. The van der Waals surface area contributed by atoms with Gasteiger partial charge in [-0.05, 0) is 37.8 Å². The fourth-order valence-corrected chi connectivity index (χ4v) is 4.64. The molecule has 1 saturated heterocycles. The number of nitrogens with one attached hydrogen (secondary N) is 1. The number of pyridine rings is 1. The molecule has 1 amide bonds. The van der Waals surface area contributed by atoms with Crippen molar-refractivity contribution in [3.63, 3.8) is 0 Å². The van der Waals surface area contributed by atoms with Gasteiger partial charge in [0.2, 0.25) is 0 Å². The third-order valence-electron chi connectivity index (χ3n) is 6.35. The topological polar surface area (TPSA) is 96.8 Å². The number of aromatic amines is 1. The number of hydrogen-bond donors (Lipinski definition) is 1. The number of aryl methyl sites for hydroxylation is 1. The van der Waals surface area contributed by atoms with E-state index in [1.165, 1.54) is 0 Å². The van der Waals surface area contributed by atoms with Gasteiger partial charge in [0.15, 0.2) is 0 Å². The van der Waals surface area contributed by atoms with Crippen LogP contribution in [0.5, 0.6) is 0 Å². The van der Waals surface area contributed by atoms with Gasteiger partial charge in [-0.2, -0.15) is 0 Å². The highest BCUT2D eigenvalue weighted by Crippen LogP contribution is 2.44. The monoisotopic (exact) mass is 390 g/mol. The molecule has 3 aromatic heterocycles. The number of nitrogens with zero attached hydrogens (tertiary/aromatic N) is 5. The fourth-order valence-electron chi connectivity index (χ4n) is 4.64. The van der Waals surface area contributed by atoms with Gasteiger partial charge < -0.3 is 14.5 Å². The van der Waals surface area contributed by atoms with Gasteiger partial charge in [-0.15, -0.1) is 0 Å². The normalized spacial score (nSPS) is 17.5. The highest BCUT2D eigenvalue weighted by molar-refractivity contribution is 5.92. The van der Waals surface area contributed by atoms with E-state index in [0.717, 1.165) is 42.5 Å². The van der Waals surface area contributed by atoms with E-state index in [-0.39, 0.29) is 16.9 Å². The molecule has 1 fully saturated rings. The Morgan fingerprint density at radius 1 is 1.17 bits per heavy atom. The molecule has 5 rings (SSSR count). The molecule has 1 spiro atoms. The second-order valence-electron chi connectivity index (χ2n) is 7.95. The second kappa shape index (κ2) is 6.65. The average molecular weight is 390 g/mol. The van der Waals surface area contributed by atoms with Gasteiger partial charge in [-0.3, -0.25) is 14.6 Å². The molecular weight excluding hydrogens is 368 g/mol. The molecule has 0 aromatic carbocycles. The minimum Gasteiger partial charge on any atom is -0.337 e. The predicted octanol–water partition coefficient (Wildman–Crippen LogP) is 1.69. The van der Waals surface area contributed by atoms with Crippen LogP contribution in [0.15, 0.2) is 41.8 Å². The summed E-state index contributed by atoms with van der Waals surface area (Å²) in [7, 11) is 1.83. The number of aromatic nitrogens is 5. The lowest BCUT2D eigenvalue weighted by Gasteiger charge is -2.39. The van der Waals surface area contributed by atoms with Crippen molar-refractivity contribution in [1.29, 1.82) is 0 Å². The van der Waals surface area contributed by atoms with Gasteiger partial charge in [-0.1, -0.05) is 0 Å². The molecule has 2 aliphatic rings. The Bertz CT molecular complexity index is 1130. The maximum atomic E-state index is 12.8. The highest BCUT2D eigenvalue weighted by atomic mass is 16.2. The van der Waals surface area contributed by atoms with Gasteiger partial charge >= 0.3 is 0 Å². The van der Waals surface area contributed by atoms with Crippen molar-refractivity contribution in [1.82, 2.24) is 29.4 Å². The second-order valence-corrected chi connectivity index (χ2v) is 7.95. The van der Waals surface area contributed by atoms with E-state index in [1.54, 1.807) is 29.5 Å². The first-order valence-electron chi connectivity index (χ1n) is 9.87. The van der Waals surface area contributed by atoms with Crippen LogP contribution < -0.4 is 5.56 Å². The summed E-state index contributed by atoms with van der Waals surface area (Å²) in [6.45, 7) is 1.31. The summed E-state index contributed by atoms with van der Waals surface area (Å²) in [5.41, 5.74) is 2.92. The van der Waals surface area contributed by atoms with Crippen LogP contribution in [-0.4, -0.2) is 48.4 Å². The standard InChI is InChI=1S/C21H22N6O2/c1-26-13-23-12-16(26)20(29)27-9-6-21(7-10-27)5-4-15-17(21)24-18(25-19(15)28)14-3-2-8-22-11-14/h2-3,8,11-13H,4-7,9-10H2,1H3,(H,24,25,28). The third-order valence-corrected chi connectivity index (χ3v) is 6.35. The van der Waals surface area contributed by atoms with Gasteiger partial charge in [0.25, 0.3) is 11.5 Å². The van der Waals surface area contributed by atoms with Gasteiger partial charge in [0.05, 0.1) is 18.2 Å². The number of likely N-dealkylation sites (tertiary alicyclic amines) is 1. The van der Waals surface area contributed by atoms with Crippen molar-refractivity contribution in [3.05, 3.63) is 64.4 Å². The van der Waals surface area contributed by atoms with Gasteiger partial charge in [-0.25, -0.2) is 9.97 Å². The van der Waals surface area contributed by atoms with Crippen molar-refractivity contribution < 1.29 is 4.79 Å². The number of hydrogen-bond acceptors (Lipinski definition) is 5. The van der Waals surface area contributed by atoms with Crippen molar-refractivity contribution in [2.24, 2.45) is 7.05 Å². The van der Waals surface area contributed by atoms with Crippen molar-refractivity contribution in [2.75, 3.05) is 13.1 Å². The van der Waals surface area contributed by atoms with Crippen molar-refractivity contribution in [3.8, 4) is 11.4 Å². The van der Waals surface area contributed by atoms with Crippen LogP contribution in [0.25, 0.3) is 11.4 Å². The van der Waals surface area contributed by atoms with E-state index >= 15 is 0 Å². The summed E-state index contributed by atoms with van der Waals surface area (Å²) in [5, 5.41) is 0. The molecule has 0 radical (unpaired) electrons. The third kappa shape index (κ3) is 2.86. The Hall–Kier alpha value is -3.29. The lowest BCUT2D eigenvalue weighted by molar-refractivity contribution is 0.0654. The van der Waals surface area contributed by atoms with Crippen LogP contribution in [0.2, 0.25) is 0 Å². The molecule has 4 heterocycles. The fraction of sp³-hybridized carbons (Fsp3) is 0.381. The summed E-state index contributed by atoms with van der Waals surface area (Å²) >= 11 is 0. The van der Waals surface area contributed by atoms with Crippen molar-refractivity contribution in [2.45, 2.75) is 31.1 Å². The highest BCUT2D eigenvalue weighted by Gasteiger charge is 2.44. The summed E-state index contributed by atoms with van der Waals surface area (Å²) in [4.78, 5) is 43.4. The van der Waals surface area contributed by atoms with E-state index in [0.29, 0.717) is 24.6 Å².